The Morgan fingerprint density at radius 3 is 1.63 bits per heavy atom. The van der Waals surface area contributed by atoms with Crippen molar-refractivity contribution in [1.29, 1.82) is 0 Å². The zero-order valence-electron chi connectivity index (χ0n) is 16.6. The molecule has 0 bridgehead atoms. The highest BCUT2D eigenvalue weighted by atomic mass is 35.5. The first-order valence-electron chi connectivity index (χ1n) is 9.08. The summed E-state index contributed by atoms with van der Waals surface area (Å²) in [6.07, 6.45) is 0. The van der Waals surface area contributed by atoms with Crippen LogP contribution in [0.5, 0.6) is 23.0 Å². The fourth-order valence-corrected chi connectivity index (χ4v) is 2.92. The molecule has 0 aliphatic heterocycles. The first kappa shape index (κ1) is 21.3. The summed E-state index contributed by atoms with van der Waals surface area (Å²) in [5.41, 5.74) is 1.75. The first-order valence-corrected chi connectivity index (χ1v) is 9.46. The van der Waals surface area contributed by atoms with Gasteiger partial charge in [-0.1, -0.05) is 35.9 Å². The van der Waals surface area contributed by atoms with Gasteiger partial charge in [0.1, 0.15) is 24.7 Å². The van der Waals surface area contributed by atoms with Crippen LogP contribution in [-0.2, 0) is 13.2 Å². The topological polar surface area (TPSA) is 74.2 Å². The molecule has 0 aromatic heterocycles. The number of carboxylic acid groups (broad SMARTS) is 1. The van der Waals surface area contributed by atoms with E-state index in [9.17, 15) is 9.90 Å². The van der Waals surface area contributed by atoms with E-state index in [0.29, 0.717) is 11.5 Å². The highest BCUT2D eigenvalue weighted by Gasteiger charge is 2.16. The number of ether oxygens (including phenoxy) is 4. The summed E-state index contributed by atoms with van der Waals surface area (Å²) in [4.78, 5) is 11.5. The number of benzene rings is 3. The van der Waals surface area contributed by atoms with E-state index in [0.717, 1.165) is 22.6 Å². The second-order valence-corrected chi connectivity index (χ2v) is 6.76. The Labute approximate surface area is 179 Å². The van der Waals surface area contributed by atoms with Gasteiger partial charge in [0.2, 0.25) is 0 Å². The lowest BCUT2D eigenvalue weighted by Gasteiger charge is -2.15. The van der Waals surface area contributed by atoms with Gasteiger partial charge in [-0.05, 0) is 35.4 Å². The molecule has 0 saturated carbocycles. The van der Waals surface area contributed by atoms with Gasteiger partial charge < -0.3 is 24.1 Å². The van der Waals surface area contributed by atoms with Crippen LogP contribution in [0.1, 0.15) is 21.5 Å². The third-order valence-electron chi connectivity index (χ3n) is 4.37. The largest absolute Gasteiger partial charge is 0.497 e. The number of carboxylic acids is 1. The minimum Gasteiger partial charge on any atom is -0.497 e. The number of rotatable bonds is 9. The maximum absolute atomic E-state index is 11.5. The van der Waals surface area contributed by atoms with E-state index in [1.165, 1.54) is 12.1 Å². The van der Waals surface area contributed by atoms with Crippen LogP contribution < -0.4 is 18.9 Å². The molecule has 0 fully saturated rings. The average molecular weight is 429 g/mol. The van der Waals surface area contributed by atoms with Crippen molar-refractivity contribution in [1.82, 2.24) is 0 Å². The highest BCUT2D eigenvalue weighted by Crippen LogP contribution is 2.35. The molecule has 6 nitrogen and oxygen atoms in total. The molecule has 0 saturated heterocycles. The monoisotopic (exact) mass is 428 g/mol. The zero-order valence-corrected chi connectivity index (χ0v) is 17.3. The molecular weight excluding hydrogens is 408 g/mol. The molecule has 0 unspecified atom stereocenters. The van der Waals surface area contributed by atoms with Gasteiger partial charge in [-0.25, -0.2) is 4.79 Å². The number of aromatic carboxylic acids is 1. The van der Waals surface area contributed by atoms with Crippen LogP contribution in [0.3, 0.4) is 0 Å². The molecule has 7 heteroatoms. The second-order valence-electron chi connectivity index (χ2n) is 6.36. The van der Waals surface area contributed by atoms with E-state index in [-0.39, 0.29) is 23.8 Å². The normalized spacial score (nSPS) is 10.4. The third kappa shape index (κ3) is 5.36. The third-order valence-corrected chi connectivity index (χ3v) is 4.68. The Balaban J connectivity index is 1.79. The van der Waals surface area contributed by atoms with Crippen molar-refractivity contribution in [2.24, 2.45) is 0 Å². The van der Waals surface area contributed by atoms with Crippen LogP contribution in [0.4, 0.5) is 0 Å². The Morgan fingerprint density at radius 2 is 1.23 bits per heavy atom. The van der Waals surface area contributed by atoms with Gasteiger partial charge in [-0.15, -0.1) is 0 Å². The van der Waals surface area contributed by atoms with Gasteiger partial charge in [0.15, 0.2) is 11.5 Å². The second kappa shape index (κ2) is 9.89. The van der Waals surface area contributed by atoms with Gasteiger partial charge in [0, 0.05) is 12.1 Å². The minimum atomic E-state index is -1.14. The summed E-state index contributed by atoms with van der Waals surface area (Å²) in [6.45, 7) is 0.481. The van der Waals surface area contributed by atoms with E-state index >= 15 is 0 Å². The zero-order chi connectivity index (χ0) is 21.5. The Morgan fingerprint density at radius 1 is 0.800 bits per heavy atom. The molecule has 0 aliphatic rings. The summed E-state index contributed by atoms with van der Waals surface area (Å²) >= 11 is 6.12. The van der Waals surface area contributed by atoms with Crippen molar-refractivity contribution in [2.45, 2.75) is 13.2 Å². The highest BCUT2D eigenvalue weighted by molar-refractivity contribution is 6.33. The van der Waals surface area contributed by atoms with Crippen LogP contribution in [0, 0.1) is 0 Å². The van der Waals surface area contributed by atoms with Crippen LogP contribution in [0.2, 0.25) is 5.02 Å². The number of hydrogen-bond acceptors (Lipinski definition) is 5. The van der Waals surface area contributed by atoms with Crippen molar-refractivity contribution >= 4 is 17.6 Å². The molecule has 0 spiro atoms. The summed E-state index contributed by atoms with van der Waals surface area (Å²) in [5.74, 6) is 0.990. The van der Waals surface area contributed by atoms with Gasteiger partial charge in [-0.3, -0.25) is 0 Å². The molecular formula is C23H21ClO6. The molecule has 30 heavy (non-hydrogen) atoms. The number of carbonyl (C=O) groups is 1. The predicted molar refractivity (Wildman–Crippen MR) is 113 cm³/mol. The molecule has 1 N–H and O–H groups in total. The number of hydrogen-bond donors (Lipinski definition) is 1. The Bertz CT molecular complexity index is 999. The molecule has 156 valence electrons. The Kier molecular flexibility index (Phi) is 7.03. The summed E-state index contributed by atoms with van der Waals surface area (Å²) in [6, 6.07) is 17.6. The van der Waals surface area contributed by atoms with Crippen LogP contribution in [-0.4, -0.2) is 25.3 Å². The molecule has 0 amide bonds. The molecule has 3 rings (SSSR count). The maximum atomic E-state index is 11.5. The average Bonchev–Trinajstić information content (AvgIpc) is 2.77. The predicted octanol–water partition coefficient (Wildman–Crippen LogP) is 5.21. The van der Waals surface area contributed by atoms with Gasteiger partial charge in [-0.2, -0.15) is 0 Å². The SMILES string of the molecule is COc1ccc(COc2cc(Cl)c(C(=O)O)cc2OCc2ccc(OC)cc2)cc1. The van der Waals surface area contributed by atoms with Crippen LogP contribution in [0.15, 0.2) is 60.7 Å². The fraction of sp³-hybridized carbons (Fsp3) is 0.174. The first-order chi connectivity index (χ1) is 14.5. The van der Waals surface area contributed by atoms with Gasteiger partial charge >= 0.3 is 5.97 Å². The van der Waals surface area contributed by atoms with Crippen molar-refractivity contribution in [3.05, 3.63) is 82.4 Å². The number of methoxy groups -OCH3 is 2. The lowest BCUT2D eigenvalue weighted by Crippen LogP contribution is -2.04. The molecule has 0 radical (unpaired) electrons. The van der Waals surface area contributed by atoms with Gasteiger partial charge in [0.25, 0.3) is 0 Å². The van der Waals surface area contributed by atoms with Crippen LogP contribution >= 0.6 is 11.6 Å². The van der Waals surface area contributed by atoms with Gasteiger partial charge in [0.05, 0.1) is 24.8 Å². The lowest BCUT2D eigenvalue weighted by molar-refractivity contribution is 0.0696. The smallest absolute Gasteiger partial charge is 0.337 e. The summed E-state index contributed by atoms with van der Waals surface area (Å²) in [5, 5.41) is 9.45. The summed E-state index contributed by atoms with van der Waals surface area (Å²) < 4.78 is 22.0. The minimum absolute atomic E-state index is 0.0572. The Hall–Kier alpha value is -3.38. The van der Waals surface area contributed by atoms with E-state index in [2.05, 4.69) is 0 Å². The van der Waals surface area contributed by atoms with Crippen molar-refractivity contribution in [2.75, 3.05) is 14.2 Å². The van der Waals surface area contributed by atoms with E-state index in [1.807, 2.05) is 48.5 Å². The summed E-state index contributed by atoms with van der Waals surface area (Å²) in [7, 11) is 3.20. The number of halogens is 1. The molecule has 0 atom stereocenters. The van der Waals surface area contributed by atoms with E-state index in [4.69, 9.17) is 30.5 Å². The quantitative estimate of drug-likeness (QED) is 0.504. The standard InChI is InChI=1S/C23H21ClO6/c1-27-17-7-3-15(4-8-17)13-29-21-11-19(23(25)26)20(24)12-22(21)30-14-16-5-9-18(28-2)10-6-16/h3-12H,13-14H2,1-2H3,(H,25,26). The molecule has 3 aromatic rings. The molecule has 0 heterocycles. The van der Waals surface area contributed by atoms with Crippen LogP contribution in [0.25, 0.3) is 0 Å². The molecule has 3 aromatic carbocycles. The van der Waals surface area contributed by atoms with Crippen molar-refractivity contribution < 1.29 is 28.8 Å². The molecule has 0 aliphatic carbocycles. The maximum Gasteiger partial charge on any atom is 0.337 e. The van der Waals surface area contributed by atoms with E-state index < -0.39 is 5.97 Å². The fourth-order valence-electron chi connectivity index (χ4n) is 2.69. The van der Waals surface area contributed by atoms with Crippen molar-refractivity contribution in [3.63, 3.8) is 0 Å². The van der Waals surface area contributed by atoms with E-state index in [1.54, 1.807) is 14.2 Å². The van der Waals surface area contributed by atoms with Crippen molar-refractivity contribution in [3.8, 4) is 23.0 Å². The lowest BCUT2D eigenvalue weighted by atomic mass is 10.2.